The molecule has 0 bridgehead atoms. The van der Waals surface area contributed by atoms with Gasteiger partial charge in [-0.15, -0.1) is 0 Å². The van der Waals surface area contributed by atoms with Gasteiger partial charge in [0.25, 0.3) is 5.91 Å². The third-order valence-corrected chi connectivity index (χ3v) is 4.85. The van der Waals surface area contributed by atoms with E-state index in [9.17, 15) is 9.59 Å². The van der Waals surface area contributed by atoms with E-state index in [-0.39, 0.29) is 24.2 Å². The number of hydrogen-bond donors (Lipinski definition) is 2. The van der Waals surface area contributed by atoms with Gasteiger partial charge in [-0.05, 0) is 61.4 Å². The Labute approximate surface area is 158 Å². The van der Waals surface area contributed by atoms with E-state index < -0.39 is 5.91 Å². The normalized spacial score (nSPS) is 14.2. The Morgan fingerprint density at radius 3 is 2.69 bits per heavy atom. The van der Waals surface area contributed by atoms with Gasteiger partial charge in [0.1, 0.15) is 5.69 Å². The van der Waals surface area contributed by atoms with Crippen molar-refractivity contribution in [2.45, 2.75) is 38.6 Å². The fraction of sp³-hybridized carbons (Fsp3) is 0.350. The molecule has 1 aliphatic rings. The first-order valence-corrected chi connectivity index (χ1v) is 9.21. The largest absolute Gasteiger partial charge is 0.348 e. The molecule has 3 rings (SSSR count). The Kier molecular flexibility index (Phi) is 5.89. The van der Waals surface area contributed by atoms with Crippen molar-refractivity contribution in [1.29, 1.82) is 0 Å². The smallest absolute Gasteiger partial charge is 0.270 e. The molecule has 1 aliphatic carbocycles. The second-order valence-corrected chi connectivity index (χ2v) is 7.00. The third-order valence-electron chi connectivity index (χ3n) is 4.61. The topological polar surface area (TPSA) is 71.1 Å². The summed E-state index contributed by atoms with van der Waals surface area (Å²) in [7, 11) is 0. The zero-order valence-electron chi connectivity index (χ0n) is 14.7. The molecule has 1 atom stereocenters. The molecule has 2 amide bonds. The first kappa shape index (κ1) is 18.4. The lowest BCUT2D eigenvalue weighted by Gasteiger charge is -2.20. The van der Waals surface area contributed by atoms with Crippen molar-refractivity contribution in [3.8, 4) is 0 Å². The molecule has 0 spiro atoms. The van der Waals surface area contributed by atoms with Crippen LogP contribution < -0.4 is 10.6 Å². The van der Waals surface area contributed by atoms with Crippen LogP contribution in [0.25, 0.3) is 0 Å². The summed E-state index contributed by atoms with van der Waals surface area (Å²) >= 11 is 5.84. The highest BCUT2D eigenvalue weighted by Gasteiger charge is 2.15. The van der Waals surface area contributed by atoms with Crippen molar-refractivity contribution in [2.24, 2.45) is 0 Å². The van der Waals surface area contributed by atoms with Crippen LogP contribution in [-0.4, -0.2) is 23.3 Å². The highest BCUT2D eigenvalue weighted by molar-refractivity contribution is 6.30. The molecule has 1 aromatic heterocycles. The van der Waals surface area contributed by atoms with Crippen LogP contribution in [0.2, 0.25) is 5.02 Å². The number of hydrogen-bond acceptors (Lipinski definition) is 3. The Bertz CT molecular complexity index is 822. The van der Waals surface area contributed by atoms with Crippen LogP contribution in [0.5, 0.6) is 0 Å². The van der Waals surface area contributed by atoms with E-state index in [0.29, 0.717) is 5.02 Å². The van der Waals surface area contributed by atoms with Crippen molar-refractivity contribution in [2.75, 3.05) is 6.54 Å². The number of carbonyl (C=O) groups is 2. The van der Waals surface area contributed by atoms with E-state index in [2.05, 4.69) is 33.8 Å². The number of benzene rings is 1. The lowest BCUT2D eigenvalue weighted by Crippen LogP contribution is -2.38. The minimum Gasteiger partial charge on any atom is -0.348 e. The second kappa shape index (κ2) is 8.32. The second-order valence-electron chi connectivity index (χ2n) is 6.57. The Morgan fingerprint density at radius 1 is 1.15 bits per heavy atom. The molecule has 1 heterocycles. The van der Waals surface area contributed by atoms with Crippen LogP contribution in [0.1, 0.15) is 53.0 Å². The quantitative estimate of drug-likeness (QED) is 0.847. The van der Waals surface area contributed by atoms with Gasteiger partial charge in [0, 0.05) is 11.2 Å². The van der Waals surface area contributed by atoms with Crippen molar-refractivity contribution in [1.82, 2.24) is 15.6 Å². The zero-order valence-corrected chi connectivity index (χ0v) is 15.5. The molecule has 2 N–H and O–H groups in total. The van der Waals surface area contributed by atoms with Crippen LogP contribution in [-0.2, 0) is 17.6 Å². The molecule has 1 unspecified atom stereocenters. The molecule has 5 nitrogen and oxygen atoms in total. The fourth-order valence-electron chi connectivity index (χ4n) is 3.18. The SMILES string of the molecule is CC(NC(=O)CNC(=O)c1cc(Cl)ccn1)c1ccc2c(c1)CCCC2. The lowest BCUT2D eigenvalue weighted by atomic mass is 9.89. The van der Waals surface area contributed by atoms with E-state index in [0.717, 1.165) is 18.4 Å². The first-order valence-electron chi connectivity index (χ1n) is 8.84. The van der Waals surface area contributed by atoms with Crippen LogP contribution in [0.15, 0.2) is 36.5 Å². The molecule has 26 heavy (non-hydrogen) atoms. The molecule has 0 saturated heterocycles. The number of aromatic nitrogens is 1. The van der Waals surface area contributed by atoms with Crippen LogP contribution in [0, 0.1) is 0 Å². The lowest BCUT2D eigenvalue weighted by molar-refractivity contribution is -0.120. The van der Waals surface area contributed by atoms with Gasteiger partial charge < -0.3 is 10.6 Å². The average Bonchev–Trinajstić information content (AvgIpc) is 2.65. The number of pyridine rings is 1. The molecular formula is C20H22ClN3O2. The molecule has 0 fully saturated rings. The molecular weight excluding hydrogens is 350 g/mol. The predicted molar refractivity (Wildman–Crippen MR) is 101 cm³/mol. The Balaban J connectivity index is 1.53. The summed E-state index contributed by atoms with van der Waals surface area (Å²) in [5, 5.41) is 5.91. The molecule has 136 valence electrons. The molecule has 1 aromatic carbocycles. The number of amides is 2. The number of aryl methyl sites for hydroxylation is 2. The Hall–Kier alpha value is -2.40. The maximum Gasteiger partial charge on any atom is 0.270 e. The third kappa shape index (κ3) is 4.61. The predicted octanol–water partition coefficient (Wildman–Crippen LogP) is 3.22. The summed E-state index contributed by atoms with van der Waals surface area (Å²) in [5.74, 6) is -0.672. The van der Waals surface area contributed by atoms with Crippen molar-refractivity contribution in [3.63, 3.8) is 0 Å². The van der Waals surface area contributed by atoms with Gasteiger partial charge in [-0.2, -0.15) is 0 Å². The monoisotopic (exact) mass is 371 g/mol. The van der Waals surface area contributed by atoms with Crippen molar-refractivity contribution < 1.29 is 9.59 Å². The van der Waals surface area contributed by atoms with Gasteiger partial charge in [0.2, 0.25) is 5.91 Å². The molecule has 0 aliphatic heterocycles. The maximum absolute atomic E-state index is 12.1. The van der Waals surface area contributed by atoms with Crippen LogP contribution >= 0.6 is 11.6 Å². The number of rotatable bonds is 5. The standard InChI is InChI=1S/C20H22ClN3O2/c1-13(15-7-6-14-4-2-3-5-16(14)10-15)24-19(25)12-23-20(26)18-11-17(21)8-9-22-18/h6-11,13H,2-5,12H2,1H3,(H,23,26)(H,24,25). The van der Waals surface area contributed by atoms with E-state index in [1.54, 1.807) is 6.07 Å². The highest BCUT2D eigenvalue weighted by Crippen LogP contribution is 2.24. The van der Waals surface area contributed by atoms with Crippen LogP contribution in [0.4, 0.5) is 0 Å². The molecule has 2 aromatic rings. The summed E-state index contributed by atoms with van der Waals surface area (Å²) in [5.41, 5.74) is 4.07. The number of halogens is 1. The fourth-order valence-corrected chi connectivity index (χ4v) is 3.34. The van der Waals surface area contributed by atoms with E-state index >= 15 is 0 Å². The van der Waals surface area contributed by atoms with Gasteiger partial charge in [0.15, 0.2) is 0 Å². The Morgan fingerprint density at radius 2 is 1.92 bits per heavy atom. The molecule has 0 radical (unpaired) electrons. The number of nitrogens with zero attached hydrogens (tertiary/aromatic N) is 1. The average molecular weight is 372 g/mol. The summed E-state index contributed by atoms with van der Waals surface area (Å²) in [4.78, 5) is 28.1. The summed E-state index contributed by atoms with van der Waals surface area (Å²) in [6.45, 7) is 1.84. The van der Waals surface area contributed by atoms with E-state index in [4.69, 9.17) is 11.6 Å². The van der Waals surface area contributed by atoms with Gasteiger partial charge in [-0.25, -0.2) is 0 Å². The zero-order chi connectivity index (χ0) is 18.5. The highest BCUT2D eigenvalue weighted by atomic mass is 35.5. The van der Waals surface area contributed by atoms with E-state index in [1.807, 2.05) is 6.92 Å². The molecule has 0 saturated carbocycles. The number of carbonyl (C=O) groups excluding carboxylic acids is 2. The van der Waals surface area contributed by atoms with Crippen molar-refractivity contribution >= 4 is 23.4 Å². The van der Waals surface area contributed by atoms with Gasteiger partial charge >= 0.3 is 0 Å². The maximum atomic E-state index is 12.1. The van der Waals surface area contributed by atoms with Gasteiger partial charge in [0.05, 0.1) is 12.6 Å². The van der Waals surface area contributed by atoms with E-state index in [1.165, 1.54) is 36.2 Å². The minimum atomic E-state index is -0.427. The van der Waals surface area contributed by atoms with Gasteiger partial charge in [-0.1, -0.05) is 29.8 Å². The molecule has 6 heteroatoms. The van der Waals surface area contributed by atoms with Crippen LogP contribution in [0.3, 0.4) is 0 Å². The van der Waals surface area contributed by atoms with Crippen molar-refractivity contribution in [3.05, 3.63) is 63.9 Å². The summed E-state index contributed by atoms with van der Waals surface area (Å²) in [6, 6.07) is 9.36. The summed E-state index contributed by atoms with van der Waals surface area (Å²) < 4.78 is 0. The minimum absolute atomic E-state index is 0.109. The first-order chi connectivity index (χ1) is 12.5. The van der Waals surface area contributed by atoms with Gasteiger partial charge in [-0.3, -0.25) is 14.6 Å². The summed E-state index contributed by atoms with van der Waals surface area (Å²) in [6.07, 6.45) is 6.17. The number of nitrogens with one attached hydrogen (secondary N) is 2. The number of fused-ring (bicyclic) bond motifs is 1.